The van der Waals surface area contributed by atoms with Crippen LogP contribution in [-0.4, -0.2) is 57.0 Å². The zero-order valence-electron chi connectivity index (χ0n) is 25.0. The number of ether oxygens (including phenoxy) is 6. The van der Waals surface area contributed by atoms with Gasteiger partial charge in [0.15, 0.2) is 18.5 Å². The van der Waals surface area contributed by atoms with Crippen molar-refractivity contribution in [3.8, 4) is 5.75 Å². The highest BCUT2D eigenvalue weighted by molar-refractivity contribution is 5.66. The molecule has 0 unspecified atom stereocenters. The van der Waals surface area contributed by atoms with Crippen molar-refractivity contribution in [2.75, 3.05) is 20.3 Å². The van der Waals surface area contributed by atoms with Crippen LogP contribution in [-0.2, 0) is 34.1 Å². The quantitative estimate of drug-likeness (QED) is 0.102. The Labute approximate surface area is 258 Å². The fraction of sp³-hybridized carbons (Fsp3) is 0.270. The lowest BCUT2D eigenvalue weighted by Gasteiger charge is -2.46. The van der Waals surface area contributed by atoms with Gasteiger partial charge < -0.3 is 28.4 Å². The molecule has 4 aromatic carbocycles. The standard InChI is InChI=1S/C37H38O7/c1-4-25-40-35-34(43-31-23-15-8-16-24-31)33(42-27(2)38)32(44-36(35)39-3)26-41-37(28-17-9-5-10-18-28,29-19-11-6-12-20-29)30-21-13-7-14-22-30/h4-24,32-36H,1,25-26H2,2-3H3/t32-,33-,34-,35-,36+/m1/s1. The molecule has 0 saturated carbocycles. The van der Waals surface area contributed by atoms with Gasteiger partial charge in [0, 0.05) is 14.0 Å². The van der Waals surface area contributed by atoms with Gasteiger partial charge in [0.25, 0.3) is 0 Å². The van der Waals surface area contributed by atoms with E-state index >= 15 is 0 Å². The molecule has 0 N–H and O–H groups in total. The fourth-order valence-electron chi connectivity index (χ4n) is 5.66. The second-order valence-electron chi connectivity index (χ2n) is 10.4. The summed E-state index contributed by atoms with van der Waals surface area (Å²) in [6.07, 6.45) is -2.40. The molecule has 4 aromatic rings. The van der Waals surface area contributed by atoms with Gasteiger partial charge in [-0.3, -0.25) is 4.79 Å². The Balaban J connectivity index is 1.58. The first kappa shape index (κ1) is 31.2. The van der Waals surface area contributed by atoms with E-state index in [9.17, 15) is 4.79 Å². The third-order valence-electron chi connectivity index (χ3n) is 7.55. The van der Waals surface area contributed by atoms with Gasteiger partial charge in [-0.15, -0.1) is 6.58 Å². The number of rotatable bonds is 13. The summed E-state index contributed by atoms with van der Waals surface area (Å²) in [4.78, 5) is 12.5. The molecule has 7 nitrogen and oxygen atoms in total. The Bertz CT molecular complexity index is 1350. The van der Waals surface area contributed by atoms with Gasteiger partial charge in [-0.05, 0) is 28.8 Å². The normalized spacial score (nSPS) is 21.7. The van der Waals surface area contributed by atoms with Crippen LogP contribution in [0.2, 0.25) is 0 Å². The SMILES string of the molecule is C=CCO[C@H]1[C@@H](OC)O[C@H](COC(c2ccccc2)(c2ccccc2)c2ccccc2)[C@@H](OC(C)=O)[C@H]1Oc1ccccc1. The molecule has 0 bridgehead atoms. The molecule has 1 aliphatic rings. The van der Waals surface area contributed by atoms with Crippen LogP contribution in [0.1, 0.15) is 23.6 Å². The predicted octanol–water partition coefficient (Wildman–Crippen LogP) is 6.32. The number of carbonyl (C=O) groups is 1. The molecule has 7 heteroatoms. The molecule has 1 heterocycles. The van der Waals surface area contributed by atoms with Crippen molar-refractivity contribution in [3.63, 3.8) is 0 Å². The molecule has 0 aromatic heterocycles. The number of hydrogen-bond donors (Lipinski definition) is 0. The van der Waals surface area contributed by atoms with Gasteiger partial charge in [0.05, 0.1) is 13.2 Å². The van der Waals surface area contributed by atoms with Crippen LogP contribution in [0.15, 0.2) is 134 Å². The molecule has 0 amide bonds. The lowest BCUT2D eigenvalue weighted by molar-refractivity contribution is -0.304. The maximum atomic E-state index is 12.5. The van der Waals surface area contributed by atoms with Gasteiger partial charge >= 0.3 is 5.97 Å². The largest absolute Gasteiger partial charge is 0.483 e. The van der Waals surface area contributed by atoms with Crippen molar-refractivity contribution in [1.29, 1.82) is 0 Å². The molecule has 5 rings (SSSR count). The van der Waals surface area contributed by atoms with Gasteiger partial charge in [0.1, 0.15) is 23.6 Å². The zero-order chi connectivity index (χ0) is 30.8. The molecule has 0 spiro atoms. The monoisotopic (exact) mass is 594 g/mol. The summed E-state index contributed by atoms with van der Waals surface area (Å²) >= 11 is 0. The molecule has 1 saturated heterocycles. The number of methoxy groups -OCH3 is 1. The van der Waals surface area contributed by atoms with Crippen molar-refractivity contribution in [2.24, 2.45) is 0 Å². The van der Waals surface area contributed by atoms with E-state index in [2.05, 4.69) is 6.58 Å². The first-order valence-corrected chi connectivity index (χ1v) is 14.7. The van der Waals surface area contributed by atoms with Gasteiger partial charge in [-0.2, -0.15) is 0 Å². The lowest BCUT2D eigenvalue weighted by atomic mass is 9.80. The topological polar surface area (TPSA) is 72.5 Å². The van der Waals surface area contributed by atoms with Crippen molar-refractivity contribution in [1.82, 2.24) is 0 Å². The number of benzene rings is 4. The Kier molecular flexibility index (Phi) is 10.6. The summed E-state index contributed by atoms with van der Waals surface area (Å²) in [5, 5.41) is 0. The summed E-state index contributed by atoms with van der Waals surface area (Å²) in [6, 6.07) is 39.5. The average molecular weight is 595 g/mol. The van der Waals surface area contributed by atoms with Crippen molar-refractivity contribution in [2.45, 2.75) is 43.2 Å². The predicted molar refractivity (Wildman–Crippen MR) is 167 cm³/mol. The summed E-state index contributed by atoms with van der Waals surface area (Å²) in [5.74, 6) is 0.106. The fourth-order valence-corrected chi connectivity index (χ4v) is 5.66. The molecular weight excluding hydrogens is 556 g/mol. The summed E-state index contributed by atoms with van der Waals surface area (Å²) in [6.45, 7) is 5.39. The summed E-state index contributed by atoms with van der Waals surface area (Å²) in [5.41, 5.74) is 1.79. The van der Waals surface area contributed by atoms with E-state index in [1.165, 1.54) is 6.92 Å². The number of para-hydroxylation sites is 1. The smallest absolute Gasteiger partial charge is 0.303 e. The third kappa shape index (κ3) is 6.93. The Hall–Kier alpha value is -4.27. The summed E-state index contributed by atoms with van der Waals surface area (Å²) in [7, 11) is 1.54. The van der Waals surface area contributed by atoms with Crippen molar-refractivity contribution < 1.29 is 33.2 Å². The maximum absolute atomic E-state index is 12.5. The van der Waals surface area contributed by atoms with Crippen LogP contribution in [0.4, 0.5) is 0 Å². The summed E-state index contributed by atoms with van der Waals surface area (Å²) < 4.78 is 37.8. The van der Waals surface area contributed by atoms with E-state index in [-0.39, 0.29) is 13.2 Å². The van der Waals surface area contributed by atoms with Crippen LogP contribution in [0.25, 0.3) is 0 Å². The van der Waals surface area contributed by atoms with Crippen LogP contribution in [0.3, 0.4) is 0 Å². The van der Waals surface area contributed by atoms with Crippen LogP contribution < -0.4 is 4.74 Å². The highest BCUT2D eigenvalue weighted by Gasteiger charge is 2.51. The van der Waals surface area contributed by atoms with E-state index in [0.717, 1.165) is 16.7 Å². The minimum atomic E-state index is -1.01. The maximum Gasteiger partial charge on any atom is 0.303 e. The second kappa shape index (κ2) is 14.9. The van der Waals surface area contributed by atoms with Gasteiger partial charge in [-0.1, -0.05) is 115 Å². The van der Waals surface area contributed by atoms with Gasteiger partial charge in [-0.25, -0.2) is 0 Å². The van der Waals surface area contributed by atoms with E-state index in [4.69, 9.17) is 28.4 Å². The highest BCUT2D eigenvalue weighted by Crippen LogP contribution is 2.41. The molecule has 0 aliphatic carbocycles. The molecule has 0 radical (unpaired) electrons. The number of hydrogen-bond acceptors (Lipinski definition) is 7. The van der Waals surface area contributed by atoms with Crippen molar-refractivity contribution in [3.05, 3.63) is 151 Å². The van der Waals surface area contributed by atoms with Crippen LogP contribution in [0, 0.1) is 0 Å². The number of carbonyl (C=O) groups excluding carboxylic acids is 1. The zero-order valence-corrected chi connectivity index (χ0v) is 25.0. The first-order chi connectivity index (χ1) is 21.6. The Morgan fingerprint density at radius 1 is 0.773 bits per heavy atom. The average Bonchev–Trinajstić information content (AvgIpc) is 3.07. The minimum Gasteiger partial charge on any atom is -0.483 e. The minimum absolute atomic E-state index is 0.0271. The van der Waals surface area contributed by atoms with Gasteiger partial charge in [0.2, 0.25) is 0 Å². The third-order valence-corrected chi connectivity index (χ3v) is 7.55. The van der Waals surface area contributed by atoms with E-state index in [1.807, 2.05) is 121 Å². The Morgan fingerprint density at radius 2 is 1.27 bits per heavy atom. The number of esters is 1. The Morgan fingerprint density at radius 3 is 1.73 bits per heavy atom. The first-order valence-electron chi connectivity index (χ1n) is 14.7. The molecule has 44 heavy (non-hydrogen) atoms. The molecule has 1 fully saturated rings. The molecule has 1 aliphatic heterocycles. The van der Waals surface area contributed by atoms with E-state index < -0.39 is 42.3 Å². The molecular formula is C37H38O7. The van der Waals surface area contributed by atoms with Crippen molar-refractivity contribution >= 4 is 5.97 Å². The highest BCUT2D eigenvalue weighted by atomic mass is 16.7. The second-order valence-corrected chi connectivity index (χ2v) is 10.4. The van der Waals surface area contributed by atoms with Crippen LogP contribution >= 0.6 is 0 Å². The molecule has 228 valence electrons. The lowest BCUT2D eigenvalue weighted by Crippen LogP contribution is -2.63. The molecule has 5 atom stereocenters. The van der Waals surface area contributed by atoms with E-state index in [0.29, 0.717) is 5.75 Å². The van der Waals surface area contributed by atoms with Crippen LogP contribution in [0.5, 0.6) is 5.75 Å². The van der Waals surface area contributed by atoms with E-state index in [1.54, 1.807) is 13.2 Å².